The summed E-state index contributed by atoms with van der Waals surface area (Å²) in [6.07, 6.45) is 1.63. The van der Waals surface area contributed by atoms with Crippen LogP contribution in [0.15, 0.2) is 53.4 Å². The number of ether oxygens (including phenoxy) is 1. The largest absolute Gasteiger partial charge is 0.465 e. The fourth-order valence-electron chi connectivity index (χ4n) is 2.32. The van der Waals surface area contributed by atoms with Crippen LogP contribution in [0.25, 0.3) is 6.08 Å². The van der Waals surface area contributed by atoms with Gasteiger partial charge in [-0.15, -0.1) is 0 Å². The monoisotopic (exact) mass is 432 g/mol. The fourth-order valence-corrected chi connectivity index (χ4v) is 3.62. The minimum absolute atomic E-state index is 0.213. The summed E-state index contributed by atoms with van der Waals surface area (Å²) < 4.78 is 4.86. The molecule has 1 aliphatic rings. The van der Waals surface area contributed by atoms with Gasteiger partial charge in [0, 0.05) is 10.6 Å². The predicted octanol–water partition coefficient (Wildman–Crippen LogP) is 3.67. The molecule has 28 heavy (non-hydrogen) atoms. The van der Waals surface area contributed by atoms with E-state index in [1.54, 1.807) is 54.6 Å². The van der Waals surface area contributed by atoms with Gasteiger partial charge in [-0.2, -0.15) is 5.01 Å². The normalized spacial score (nSPS) is 15.1. The van der Waals surface area contributed by atoms with Gasteiger partial charge in [-0.1, -0.05) is 35.5 Å². The summed E-state index contributed by atoms with van der Waals surface area (Å²) in [5.41, 5.74) is 3.96. The number of methoxy groups -OCH3 is 1. The third kappa shape index (κ3) is 4.41. The number of hydrazine groups is 1. The number of nitrogens with zero attached hydrogens (tertiary/aromatic N) is 1. The Bertz CT molecular complexity index is 988. The Labute approximate surface area is 175 Å². The van der Waals surface area contributed by atoms with Gasteiger partial charge in [0.2, 0.25) is 0 Å². The lowest BCUT2D eigenvalue weighted by Gasteiger charge is -2.15. The first-order chi connectivity index (χ1) is 13.4. The van der Waals surface area contributed by atoms with Crippen LogP contribution in [0.1, 0.15) is 26.3 Å². The van der Waals surface area contributed by atoms with Crippen LogP contribution in [0.3, 0.4) is 0 Å². The molecule has 0 aromatic heterocycles. The molecule has 6 nitrogen and oxygen atoms in total. The highest BCUT2D eigenvalue weighted by Gasteiger charge is 2.33. The maximum absolute atomic E-state index is 12.6. The van der Waals surface area contributed by atoms with Crippen LogP contribution in [-0.2, 0) is 9.53 Å². The topological polar surface area (TPSA) is 75.7 Å². The number of rotatable bonds is 4. The van der Waals surface area contributed by atoms with Gasteiger partial charge in [0.05, 0.1) is 17.6 Å². The Kier molecular flexibility index (Phi) is 6.13. The molecule has 0 unspecified atom stereocenters. The fraction of sp³-hybridized carbons (Fsp3) is 0.0526. The van der Waals surface area contributed by atoms with E-state index in [2.05, 4.69) is 10.2 Å². The quantitative estimate of drug-likeness (QED) is 0.451. The first-order valence-electron chi connectivity index (χ1n) is 7.92. The molecule has 0 atom stereocenters. The zero-order valence-corrected chi connectivity index (χ0v) is 16.9. The minimum Gasteiger partial charge on any atom is -0.465 e. The van der Waals surface area contributed by atoms with Gasteiger partial charge in [0.15, 0.2) is 4.32 Å². The zero-order valence-electron chi connectivity index (χ0n) is 14.5. The predicted molar refractivity (Wildman–Crippen MR) is 112 cm³/mol. The molecule has 1 heterocycles. The van der Waals surface area contributed by atoms with Crippen molar-refractivity contribution in [2.45, 2.75) is 0 Å². The van der Waals surface area contributed by atoms with Crippen molar-refractivity contribution in [1.82, 2.24) is 10.4 Å². The van der Waals surface area contributed by atoms with E-state index in [1.165, 1.54) is 7.11 Å². The highest BCUT2D eigenvalue weighted by molar-refractivity contribution is 8.26. The number of hydrogen-bond donors (Lipinski definition) is 1. The van der Waals surface area contributed by atoms with Gasteiger partial charge in [-0.05, 0) is 60.3 Å². The SMILES string of the molecule is COC(=O)c1ccc(/C=C2/SC(=S)N(NC(=O)c3ccc(Cl)cc3)C2=O)cc1. The van der Waals surface area contributed by atoms with Gasteiger partial charge in [-0.3, -0.25) is 15.0 Å². The van der Waals surface area contributed by atoms with Crippen molar-refractivity contribution < 1.29 is 19.1 Å². The molecule has 1 fully saturated rings. The molecule has 0 bridgehead atoms. The van der Waals surface area contributed by atoms with Gasteiger partial charge in [-0.25, -0.2) is 4.79 Å². The lowest BCUT2D eigenvalue weighted by molar-refractivity contribution is -0.123. The molecule has 2 amide bonds. The number of carbonyl (C=O) groups excluding carboxylic acids is 3. The van der Waals surface area contributed by atoms with Crippen molar-refractivity contribution >= 4 is 63.8 Å². The van der Waals surface area contributed by atoms with Crippen molar-refractivity contribution in [3.05, 3.63) is 75.1 Å². The molecule has 9 heteroatoms. The molecule has 0 radical (unpaired) electrons. The van der Waals surface area contributed by atoms with E-state index in [-0.39, 0.29) is 4.32 Å². The number of hydrogen-bond acceptors (Lipinski definition) is 6. The number of amides is 2. The Morgan fingerprint density at radius 1 is 1.11 bits per heavy atom. The number of benzene rings is 2. The number of esters is 1. The van der Waals surface area contributed by atoms with Gasteiger partial charge < -0.3 is 4.74 Å². The van der Waals surface area contributed by atoms with E-state index in [9.17, 15) is 14.4 Å². The molecule has 3 rings (SSSR count). The van der Waals surface area contributed by atoms with Crippen LogP contribution in [0.2, 0.25) is 5.02 Å². The van der Waals surface area contributed by atoms with E-state index >= 15 is 0 Å². The Morgan fingerprint density at radius 3 is 2.32 bits per heavy atom. The maximum atomic E-state index is 12.6. The second-order valence-electron chi connectivity index (χ2n) is 5.58. The minimum atomic E-state index is -0.475. The third-order valence-electron chi connectivity index (χ3n) is 3.74. The summed E-state index contributed by atoms with van der Waals surface area (Å²) >= 11 is 12.1. The van der Waals surface area contributed by atoms with E-state index in [1.807, 2.05) is 0 Å². The molecule has 2 aromatic rings. The average Bonchev–Trinajstić information content (AvgIpc) is 2.95. The van der Waals surface area contributed by atoms with E-state index in [0.29, 0.717) is 26.6 Å². The van der Waals surface area contributed by atoms with Crippen LogP contribution in [-0.4, -0.2) is 34.2 Å². The van der Waals surface area contributed by atoms with Crippen LogP contribution < -0.4 is 5.43 Å². The second-order valence-corrected chi connectivity index (χ2v) is 7.69. The first-order valence-corrected chi connectivity index (χ1v) is 9.52. The molecule has 0 spiro atoms. The molecule has 142 valence electrons. The van der Waals surface area contributed by atoms with Crippen molar-refractivity contribution in [3.63, 3.8) is 0 Å². The van der Waals surface area contributed by atoms with Crippen LogP contribution in [0, 0.1) is 0 Å². The highest BCUT2D eigenvalue weighted by atomic mass is 35.5. The Balaban J connectivity index is 1.74. The lowest BCUT2D eigenvalue weighted by atomic mass is 10.1. The summed E-state index contributed by atoms with van der Waals surface area (Å²) in [6, 6.07) is 12.8. The average molecular weight is 433 g/mol. The molecule has 1 saturated heterocycles. The first kappa shape index (κ1) is 20.1. The Hall–Kier alpha value is -2.68. The molecular weight excluding hydrogens is 420 g/mol. The zero-order chi connectivity index (χ0) is 20.3. The molecule has 0 saturated carbocycles. The summed E-state index contributed by atoms with van der Waals surface area (Å²) in [5.74, 6) is -1.35. The summed E-state index contributed by atoms with van der Waals surface area (Å²) in [4.78, 5) is 36.8. The number of thiocarbonyl (C=S) groups is 1. The van der Waals surface area contributed by atoms with Gasteiger partial charge >= 0.3 is 5.97 Å². The van der Waals surface area contributed by atoms with Crippen LogP contribution in [0.5, 0.6) is 0 Å². The number of halogens is 1. The highest BCUT2D eigenvalue weighted by Crippen LogP contribution is 2.31. The van der Waals surface area contributed by atoms with E-state index in [4.69, 9.17) is 23.8 Å². The molecule has 1 N–H and O–H groups in total. The lowest BCUT2D eigenvalue weighted by Crippen LogP contribution is -2.44. The van der Waals surface area contributed by atoms with Crippen LogP contribution in [0.4, 0.5) is 0 Å². The summed E-state index contributed by atoms with van der Waals surface area (Å²) in [6.45, 7) is 0. The van der Waals surface area contributed by atoms with Crippen molar-refractivity contribution in [3.8, 4) is 0 Å². The number of carbonyl (C=O) groups is 3. The van der Waals surface area contributed by atoms with E-state index in [0.717, 1.165) is 16.8 Å². The third-order valence-corrected chi connectivity index (χ3v) is 5.30. The van der Waals surface area contributed by atoms with Crippen molar-refractivity contribution in [2.75, 3.05) is 7.11 Å². The molecule has 1 aliphatic heterocycles. The van der Waals surface area contributed by atoms with Crippen molar-refractivity contribution in [2.24, 2.45) is 0 Å². The summed E-state index contributed by atoms with van der Waals surface area (Å²) in [7, 11) is 1.31. The number of thioether (sulfide) groups is 1. The molecule has 0 aliphatic carbocycles. The molecule has 2 aromatic carbocycles. The standard InChI is InChI=1S/C19H13ClN2O4S2/c1-26-18(25)13-4-2-11(3-5-13)10-15-17(24)22(19(27)28-15)21-16(23)12-6-8-14(20)9-7-12/h2-10H,1H3,(H,21,23)/b15-10+. The van der Waals surface area contributed by atoms with Gasteiger partial charge in [0.25, 0.3) is 11.8 Å². The maximum Gasteiger partial charge on any atom is 0.337 e. The summed E-state index contributed by atoms with van der Waals surface area (Å²) in [5, 5.41) is 1.54. The van der Waals surface area contributed by atoms with E-state index < -0.39 is 17.8 Å². The van der Waals surface area contributed by atoms with Crippen LogP contribution >= 0.6 is 35.6 Å². The van der Waals surface area contributed by atoms with Crippen molar-refractivity contribution in [1.29, 1.82) is 0 Å². The molecular formula is C19H13ClN2O4S2. The Morgan fingerprint density at radius 2 is 1.71 bits per heavy atom. The van der Waals surface area contributed by atoms with Gasteiger partial charge in [0.1, 0.15) is 0 Å². The second kappa shape index (κ2) is 8.55. The smallest absolute Gasteiger partial charge is 0.337 e. The number of nitrogens with one attached hydrogen (secondary N) is 1.